The van der Waals surface area contributed by atoms with Crippen LogP contribution in [0.4, 0.5) is 10.1 Å². The zero-order valence-corrected chi connectivity index (χ0v) is 11.8. The topological polar surface area (TPSA) is 68.1 Å². The van der Waals surface area contributed by atoms with E-state index in [2.05, 4.69) is 10.3 Å². The van der Waals surface area contributed by atoms with Crippen LogP contribution in [0.25, 0.3) is 0 Å². The van der Waals surface area contributed by atoms with Crippen molar-refractivity contribution >= 4 is 5.69 Å². The minimum absolute atomic E-state index is 0.0714. The minimum atomic E-state index is -0.403. The maximum absolute atomic E-state index is 13.2. The zero-order valence-electron chi connectivity index (χ0n) is 11.8. The molecule has 0 aliphatic carbocycles. The molecule has 1 aromatic carbocycles. The monoisotopic (exact) mass is 289 g/mol. The van der Waals surface area contributed by atoms with E-state index in [9.17, 15) is 14.5 Å². The highest BCUT2D eigenvalue weighted by Gasteiger charge is 2.20. The average Bonchev–Trinajstić information content (AvgIpc) is 2.47. The second-order valence-corrected chi connectivity index (χ2v) is 4.86. The number of nitro benzene ring substituents is 1. The molecule has 110 valence electrons. The van der Waals surface area contributed by atoms with E-state index >= 15 is 0 Å². The molecular formula is C15H16FN3O2. The lowest BCUT2D eigenvalue weighted by molar-refractivity contribution is -0.385. The van der Waals surface area contributed by atoms with Crippen molar-refractivity contribution in [1.29, 1.82) is 0 Å². The Morgan fingerprint density at radius 2 is 1.95 bits per heavy atom. The molecule has 0 fully saturated rings. The van der Waals surface area contributed by atoms with Gasteiger partial charge in [0.15, 0.2) is 0 Å². The van der Waals surface area contributed by atoms with Crippen LogP contribution in [0, 0.1) is 15.9 Å². The van der Waals surface area contributed by atoms with Crippen LogP contribution in [0.2, 0.25) is 0 Å². The number of hydrogen-bond donors (Lipinski definition) is 1. The SMILES string of the molecule is C[C@@H](N[C@H](C)c1ccccc1[N+](=O)[O-])c1cncc(F)c1. The number of benzene rings is 1. The summed E-state index contributed by atoms with van der Waals surface area (Å²) in [5.41, 5.74) is 1.36. The Balaban J connectivity index is 2.18. The van der Waals surface area contributed by atoms with Gasteiger partial charge >= 0.3 is 0 Å². The molecule has 0 aliphatic heterocycles. The van der Waals surface area contributed by atoms with Gasteiger partial charge in [0, 0.05) is 29.9 Å². The number of pyridine rings is 1. The van der Waals surface area contributed by atoms with Crippen molar-refractivity contribution in [3.05, 3.63) is 69.8 Å². The van der Waals surface area contributed by atoms with Crippen LogP contribution in [0.15, 0.2) is 42.7 Å². The smallest absolute Gasteiger partial charge is 0.274 e. The van der Waals surface area contributed by atoms with Crippen LogP contribution in [0.1, 0.15) is 37.1 Å². The number of aromatic nitrogens is 1. The first-order valence-corrected chi connectivity index (χ1v) is 6.59. The second kappa shape index (κ2) is 6.41. The molecule has 5 nitrogen and oxygen atoms in total. The molecule has 2 aromatic rings. The summed E-state index contributed by atoms with van der Waals surface area (Å²) in [6.45, 7) is 3.70. The van der Waals surface area contributed by atoms with E-state index in [1.807, 2.05) is 13.8 Å². The van der Waals surface area contributed by atoms with Gasteiger partial charge in [-0.3, -0.25) is 15.1 Å². The molecule has 0 bridgehead atoms. The third-order valence-corrected chi connectivity index (χ3v) is 3.33. The van der Waals surface area contributed by atoms with Gasteiger partial charge in [-0.2, -0.15) is 0 Å². The van der Waals surface area contributed by atoms with Crippen LogP contribution < -0.4 is 5.32 Å². The van der Waals surface area contributed by atoms with E-state index in [0.717, 1.165) is 6.20 Å². The maximum Gasteiger partial charge on any atom is 0.274 e. The predicted molar refractivity (Wildman–Crippen MR) is 77.3 cm³/mol. The van der Waals surface area contributed by atoms with Gasteiger partial charge in [0.25, 0.3) is 5.69 Å². The molecule has 2 atom stereocenters. The Morgan fingerprint density at radius 1 is 1.24 bits per heavy atom. The Hall–Kier alpha value is -2.34. The van der Waals surface area contributed by atoms with Crippen molar-refractivity contribution in [2.45, 2.75) is 25.9 Å². The molecule has 1 N–H and O–H groups in total. The van der Waals surface area contributed by atoms with Crippen LogP contribution >= 0.6 is 0 Å². The zero-order chi connectivity index (χ0) is 15.4. The average molecular weight is 289 g/mol. The van der Waals surface area contributed by atoms with Crippen molar-refractivity contribution in [3.63, 3.8) is 0 Å². The lowest BCUT2D eigenvalue weighted by atomic mass is 10.0. The summed E-state index contributed by atoms with van der Waals surface area (Å²) in [6, 6.07) is 7.56. The van der Waals surface area contributed by atoms with Crippen LogP contribution in [0.5, 0.6) is 0 Å². The maximum atomic E-state index is 13.2. The molecule has 2 rings (SSSR count). The standard InChI is InChI=1S/C15H16FN3O2/c1-10(12-7-13(16)9-17-8-12)18-11(2)14-5-3-4-6-15(14)19(20)21/h3-11,18H,1-2H3/t10-,11-/m1/s1. The van der Waals surface area contributed by atoms with E-state index in [1.165, 1.54) is 12.1 Å². The minimum Gasteiger partial charge on any atom is -0.303 e. The third kappa shape index (κ3) is 3.61. The van der Waals surface area contributed by atoms with Crippen LogP contribution in [0.3, 0.4) is 0 Å². The first-order valence-electron chi connectivity index (χ1n) is 6.59. The molecule has 0 radical (unpaired) electrons. The van der Waals surface area contributed by atoms with Gasteiger partial charge in [-0.25, -0.2) is 4.39 Å². The lowest BCUT2D eigenvalue weighted by Crippen LogP contribution is -2.23. The summed E-state index contributed by atoms with van der Waals surface area (Å²) in [7, 11) is 0. The highest BCUT2D eigenvalue weighted by molar-refractivity contribution is 5.41. The Kier molecular flexibility index (Phi) is 4.59. The largest absolute Gasteiger partial charge is 0.303 e. The highest BCUT2D eigenvalue weighted by Crippen LogP contribution is 2.26. The molecule has 0 saturated heterocycles. The summed E-state index contributed by atoms with van der Waals surface area (Å²) in [4.78, 5) is 14.5. The van der Waals surface area contributed by atoms with Crippen LogP contribution in [-0.2, 0) is 0 Å². The summed E-state index contributed by atoms with van der Waals surface area (Å²) in [5.74, 6) is -0.403. The summed E-state index contributed by atoms with van der Waals surface area (Å²) in [6.07, 6.45) is 2.72. The van der Waals surface area contributed by atoms with Crippen LogP contribution in [-0.4, -0.2) is 9.91 Å². The number of hydrogen-bond acceptors (Lipinski definition) is 4. The molecule has 0 spiro atoms. The normalized spacial score (nSPS) is 13.7. The number of nitrogens with zero attached hydrogens (tertiary/aromatic N) is 2. The fourth-order valence-corrected chi connectivity index (χ4v) is 2.25. The highest BCUT2D eigenvalue weighted by atomic mass is 19.1. The summed E-state index contributed by atoms with van der Waals surface area (Å²) < 4.78 is 13.2. The van der Waals surface area contributed by atoms with Crippen molar-refractivity contribution in [2.75, 3.05) is 0 Å². The lowest BCUT2D eigenvalue weighted by Gasteiger charge is -2.20. The first kappa shape index (κ1) is 15.1. The van der Waals surface area contributed by atoms with Crippen molar-refractivity contribution in [3.8, 4) is 0 Å². The molecule has 0 amide bonds. The number of para-hydroxylation sites is 1. The van der Waals surface area contributed by atoms with Gasteiger partial charge in [-0.05, 0) is 25.5 Å². The van der Waals surface area contributed by atoms with Crippen molar-refractivity contribution in [2.24, 2.45) is 0 Å². The summed E-state index contributed by atoms with van der Waals surface area (Å²) >= 11 is 0. The molecule has 6 heteroatoms. The second-order valence-electron chi connectivity index (χ2n) is 4.86. The molecular weight excluding hydrogens is 273 g/mol. The number of nitrogens with one attached hydrogen (secondary N) is 1. The van der Waals surface area contributed by atoms with Crippen molar-refractivity contribution in [1.82, 2.24) is 10.3 Å². The van der Waals surface area contributed by atoms with Gasteiger partial charge in [0.2, 0.25) is 0 Å². The number of halogens is 1. The van der Waals surface area contributed by atoms with Gasteiger partial charge in [-0.1, -0.05) is 18.2 Å². The Morgan fingerprint density at radius 3 is 2.62 bits per heavy atom. The van der Waals surface area contributed by atoms with E-state index < -0.39 is 10.7 Å². The molecule has 1 heterocycles. The third-order valence-electron chi connectivity index (χ3n) is 3.33. The van der Waals surface area contributed by atoms with E-state index in [4.69, 9.17) is 0 Å². The van der Waals surface area contributed by atoms with E-state index in [1.54, 1.807) is 24.4 Å². The fraction of sp³-hybridized carbons (Fsp3) is 0.267. The molecule has 21 heavy (non-hydrogen) atoms. The quantitative estimate of drug-likeness (QED) is 0.675. The van der Waals surface area contributed by atoms with Gasteiger partial charge in [-0.15, -0.1) is 0 Å². The number of rotatable bonds is 5. The van der Waals surface area contributed by atoms with E-state index in [0.29, 0.717) is 11.1 Å². The number of nitro groups is 1. The molecule has 0 unspecified atom stereocenters. The summed E-state index contributed by atoms with van der Waals surface area (Å²) in [5, 5.41) is 14.3. The van der Waals surface area contributed by atoms with E-state index in [-0.39, 0.29) is 17.8 Å². The van der Waals surface area contributed by atoms with Gasteiger partial charge in [0.05, 0.1) is 11.1 Å². The van der Waals surface area contributed by atoms with Crippen molar-refractivity contribution < 1.29 is 9.31 Å². The van der Waals surface area contributed by atoms with Gasteiger partial charge < -0.3 is 5.32 Å². The first-order chi connectivity index (χ1) is 9.99. The predicted octanol–water partition coefficient (Wildman–Crippen LogP) is 3.54. The van der Waals surface area contributed by atoms with Gasteiger partial charge in [0.1, 0.15) is 5.82 Å². The molecule has 1 aromatic heterocycles. The Labute approximate surface area is 122 Å². The Bertz CT molecular complexity index is 648. The molecule has 0 saturated carbocycles. The fourth-order valence-electron chi connectivity index (χ4n) is 2.25. The molecule has 0 aliphatic rings.